The van der Waals surface area contributed by atoms with Gasteiger partial charge in [0.1, 0.15) is 0 Å². The van der Waals surface area contributed by atoms with Crippen LogP contribution in [0, 0.1) is 5.92 Å². The number of rotatable bonds is 4. The second-order valence-electron chi connectivity index (χ2n) is 8.17. The standard InChI is InChI=1S/C24H29N3O2.ClH/c25-20-13-15-26(16-14-20)24(29)21-11-12-22(28)27(17-18-7-3-1-4-8-18)23(21)19-9-5-2-6-10-19;/h1-10,20-21,23H,11-17,25H2;1H. The van der Waals surface area contributed by atoms with Gasteiger partial charge in [-0.2, -0.15) is 0 Å². The summed E-state index contributed by atoms with van der Waals surface area (Å²) in [5.41, 5.74) is 8.14. The maximum absolute atomic E-state index is 13.5. The summed E-state index contributed by atoms with van der Waals surface area (Å²) in [6.07, 6.45) is 2.72. The zero-order chi connectivity index (χ0) is 20.2. The molecule has 2 heterocycles. The van der Waals surface area contributed by atoms with Gasteiger partial charge in [-0.15, -0.1) is 12.4 Å². The Bertz CT molecular complexity index is 838. The van der Waals surface area contributed by atoms with Crippen LogP contribution in [0.2, 0.25) is 0 Å². The van der Waals surface area contributed by atoms with Crippen LogP contribution < -0.4 is 5.73 Å². The average Bonchev–Trinajstić information content (AvgIpc) is 2.76. The molecule has 160 valence electrons. The molecule has 0 spiro atoms. The molecule has 0 bridgehead atoms. The molecule has 0 radical (unpaired) electrons. The van der Waals surface area contributed by atoms with Crippen LogP contribution in [0.3, 0.4) is 0 Å². The monoisotopic (exact) mass is 427 g/mol. The number of nitrogens with two attached hydrogens (primary N) is 1. The van der Waals surface area contributed by atoms with Crippen LogP contribution >= 0.6 is 12.4 Å². The van der Waals surface area contributed by atoms with E-state index in [1.807, 2.05) is 70.5 Å². The van der Waals surface area contributed by atoms with E-state index in [1.165, 1.54) is 0 Å². The van der Waals surface area contributed by atoms with Crippen LogP contribution in [0.15, 0.2) is 60.7 Å². The summed E-state index contributed by atoms with van der Waals surface area (Å²) < 4.78 is 0. The summed E-state index contributed by atoms with van der Waals surface area (Å²) in [6, 6.07) is 20.0. The van der Waals surface area contributed by atoms with Gasteiger partial charge in [0, 0.05) is 32.1 Å². The first-order chi connectivity index (χ1) is 14.1. The molecule has 30 heavy (non-hydrogen) atoms. The molecule has 2 fully saturated rings. The molecular weight excluding hydrogens is 398 g/mol. The van der Waals surface area contributed by atoms with Crippen LogP contribution in [0.1, 0.15) is 42.9 Å². The van der Waals surface area contributed by atoms with Crippen LogP contribution in [-0.4, -0.2) is 40.7 Å². The van der Waals surface area contributed by atoms with Crippen molar-refractivity contribution in [3.05, 3.63) is 71.8 Å². The normalized spacial score (nSPS) is 22.5. The summed E-state index contributed by atoms with van der Waals surface area (Å²) >= 11 is 0. The Balaban J connectivity index is 0.00000256. The number of piperidine rings is 2. The van der Waals surface area contributed by atoms with Gasteiger partial charge in [-0.3, -0.25) is 9.59 Å². The third-order valence-corrected chi connectivity index (χ3v) is 6.21. The van der Waals surface area contributed by atoms with Gasteiger partial charge in [-0.25, -0.2) is 0 Å². The molecule has 0 aromatic heterocycles. The molecule has 4 rings (SSSR count). The van der Waals surface area contributed by atoms with Crippen molar-refractivity contribution < 1.29 is 9.59 Å². The molecule has 2 amide bonds. The molecule has 2 aromatic carbocycles. The lowest BCUT2D eigenvalue weighted by atomic mass is 9.82. The first-order valence-electron chi connectivity index (χ1n) is 10.6. The van der Waals surface area contributed by atoms with Crippen LogP contribution in [0.25, 0.3) is 0 Å². The lowest BCUT2D eigenvalue weighted by molar-refractivity contribution is -0.149. The predicted molar refractivity (Wildman–Crippen MR) is 120 cm³/mol. The van der Waals surface area contributed by atoms with Crippen LogP contribution in [0.4, 0.5) is 0 Å². The quantitative estimate of drug-likeness (QED) is 0.811. The minimum absolute atomic E-state index is 0. The Morgan fingerprint density at radius 2 is 1.53 bits per heavy atom. The highest BCUT2D eigenvalue weighted by Crippen LogP contribution is 2.39. The van der Waals surface area contributed by atoms with Gasteiger partial charge in [0.25, 0.3) is 0 Å². The number of carbonyl (C=O) groups is 2. The van der Waals surface area contributed by atoms with Crippen molar-refractivity contribution in [1.82, 2.24) is 9.80 Å². The fourth-order valence-corrected chi connectivity index (χ4v) is 4.59. The van der Waals surface area contributed by atoms with Gasteiger partial charge < -0.3 is 15.5 Å². The second kappa shape index (κ2) is 10.1. The largest absolute Gasteiger partial charge is 0.342 e. The van der Waals surface area contributed by atoms with E-state index in [2.05, 4.69) is 0 Å². The van der Waals surface area contributed by atoms with Crippen molar-refractivity contribution in [1.29, 1.82) is 0 Å². The maximum Gasteiger partial charge on any atom is 0.228 e. The summed E-state index contributed by atoms with van der Waals surface area (Å²) in [5.74, 6) is 0.0665. The van der Waals surface area contributed by atoms with E-state index < -0.39 is 0 Å². The first-order valence-corrected chi connectivity index (χ1v) is 10.6. The topological polar surface area (TPSA) is 66.6 Å². The minimum Gasteiger partial charge on any atom is -0.342 e. The van der Waals surface area contributed by atoms with Crippen molar-refractivity contribution >= 4 is 24.2 Å². The number of amides is 2. The Morgan fingerprint density at radius 3 is 2.17 bits per heavy atom. The highest BCUT2D eigenvalue weighted by atomic mass is 35.5. The fourth-order valence-electron chi connectivity index (χ4n) is 4.59. The lowest BCUT2D eigenvalue weighted by Gasteiger charge is -2.43. The molecule has 2 atom stereocenters. The second-order valence-corrected chi connectivity index (χ2v) is 8.17. The zero-order valence-electron chi connectivity index (χ0n) is 17.2. The van der Waals surface area contributed by atoms with Crippen molar-refractivity contribution in [3.8, 4) is 0 Å². The van der Waals surface area contributed by atoms with E-state index in [0.29, 0.717) is 32.5 Å². The molecular formula is C24H30ClN3O2. The summed E-state index contributed by atoms with van der Waals surface area (Å²) in [6.45, 7) is 1.95. The molecule has 0 saturated carbocycles. The first kappa shape index (κ1) is 22.3. The van der Waals surface area contributed by atoms with Crippen molar-refractivity contribution in [2.75, 3.05) is 13.1 Å². The molecule has 2 N–H and O–H groups in total. The Morgan fingerprint density at radius 1 is 0.933 bits per heavy atom. The molecule has 0 aliphatic carbocycles. The van der Waals surface area contributed by atoms with Crippen molar-refractivity contribution in [3.63, 3.8) is 0 Å². The summed E-state index contributed by atoms with van der Waals surface area (Å²) in [7, 11) is 0. The number of halogens is 1. The number of hydrogen-bond acceptors (Lipinski definition) is 3. The third kappa shape index (κ3) is 4.85. The number of hydrogen-bond donors (Lipinski definition) is 1. The van der Waals surface area contributed by atoms with Gasteiger partial charge in [0.2, 0.25) is 11.8 Å². The predicted octanol–water partition coefficient (Wildman–Crippen LogP) is 3.54. The van der Waals surface area contributed by atoms with E-state index in [9.17, 15) is 9.59 Å². The van der Waals surface area contributed by atoms with Gasteiger partial charge >= 0.3 is 0 Å². The number of nitrogens with zero attached hydrogens (tertiary/aromatic N) is 2. The molecule has 6 heteroatoms. The van der Waals surface area contributed by atoms with E-state index in [0.717, 1.165) is 24.0 Å². The van der Waals surface area contributed by atoms with Crippen molar-refractivity contribution in [2.45, 2.75) is 44.3 Å². The van der Waals surface area contributed by atoms with E-state index >= 15 is 0 Å². The number of carbonyl (C=O) groups excluding carboxylic acids is 2. The Hall–Kier alpha value is -2.37. The Labute approximate surface area is 184 Å². The van der Waals surface area contributed by atoms with E-state index in [4.69, 9.17) is 5.73 Å². The molecule has 2 saturated heterocycles. The van der Waals surface area contributed by atoms with E-state index in [-0.39, 0.29) is 42.2 Å². The van der Waals surface area contributed by atoms with Crippen LogP contribution in [0.5, 0.6) is 0 Å². The molecule has 2 aliphatic rings. The van der Waals surface area contributed by atoms with Gasteiger partial charge in [0.05, 0.1) is 12.0 Å². The molecule has 2 unspecified atom stereocenters. The molecule has 5 nitrogen and oxygen atoms in total. The highest BCUT2D eigenvalue weighted by Gasteiger charge is 2.42. The Kier molecular flexibility index (Phi) is 7.51. The summed E-state index contributed by atoms with van der Waals surface area (Å²) in [4.78, 5) is 30.3. The smallest absolute Gasteiger partial charge is 0.228 e. The molecule has 2 aliphatic heterocycles. The highest BCUT2D eigenvalue weighted by molar-refractivity contribution is 5.85. The van der Waals surface area contributed by atoms with E-state index in [1.54, 1.807) is 0 Å². The minimum atomic E-state index is -0.235. The maximum atomic E-state index is 13.5. The molecule has 2 aromatic rings. The van der Waals surface area contributed by atoms with Crippen molar-refractivity contribution in [2.24, 2.45) is 11.7 Å². The summed E-state index contributed by atoms with van der Waals surface area (Å²) in [5, 5.41) is 0. The van der Waals surface area contributed by atoms with Gasteiger partial charge in [-0.1, -0.05) is 60.7 Å². The number of likely N-dealkylation sites (tertiary alicyclic amines) is 2. The SMILES string of the molecule is Cl.NC1CCN(C(=O)C2CCC(=O)N(Cc3ccccc3)C2c2ccccc2)CC1. The van der Waals surface area contributed by atoms with Gasteiger partial charge in [-0.05, 0) is 30.4 Å². The van der Waals surface area contributed by atoms with Gasteiger partial charge in [0.15, 0.2) is 0 Å². The third-order valence-electron chi connectivity index (χ3n) is 6.21. The average molecular weight is 428 g/mol. The lowest BCUT2D eigenvalue weighted by Crippen LogP contribution is -2.51. The zero-order valence-corrected chi connectivity index (χ0v) is 18.0. The van der Waals surface area contributed by atoms with Crippen LogP contribution in [-0.2, 0) is 16.1 Å². The number of benzene rings is 2. The fraction of sp³-hybridized carbons (Fsp3) is 0.417.